The number of hydrogen-bond acceptors (Lipinski definition) is 5. The molecule has 0 aliphatic rings. The summed E-state index contributed by atoms with van der Waals surface area (Å²) >= 11 is 11.7. The van der Waals surface area contributed by atoms with E-state index in [-0.39, 0.29) is 27.1 Å². The van der Waals surface area contributed by atoms with Crippen LogP contribution in [-0.2, 0) is 16.0 Å². The van der Waals surface area contributed by atoms with E-state index in [4.69, 9.17) is 33.7 Å². The second kappa shape index (κ2) is 7.19. The molecule has 0 saturated carbocycles. The van der Waals surface area contributed by atoms with Crippen LogP contribution in [0.25, 0.3) is 0 Å². The SMILES string of the molecule is Nc1ccc(Oc2c(Cl)cc(C(F)(F)F)cc2Cl)cc1S(=O)(=O)c1cc[nH]n1. The van der Waals surface area contributed by atoms with Crippen molar-refractivity contribution in [2.45, 2.75) is 16.1 Å². The summed E-state index contributed by atoms with van der Waals surface area (Å²) in [5, 5.41) is 4.95. The quantitative estimate of drug-likeness (QED) is 0.547. The Balaban J connectivity index is 2.02. The van der Waals surface area contributed by atoms with Gasteiger partial charge in [0.15, 0.2) is 10.8 Å². The van der Waals surface area contributed by atoms with Crippen molar-refractivity contribution in [3.63, 3.8) is 0 Å². The zero-order valence-corrected chi connectivity index (χ0v) is 15.9. The van der Waals surface area contributed by atoms with Crippen molar-refractivity contribution in [3.05, 3.63) is 58.2 Å². The molecule has 0 spiro atoms. The lowest BCUT2D eigenvalue weighted by Crippen LogP contribution is -2.07. The summed E-state index contributed by atoms with van der Waals surface area (Å²) in [5.74, 6) is -0.309. The van der Waals surface area contributed by atoms with Gasteiger partial charge in [0.05, 0.1) is 26.2 Å². The number of nitrogens with zero attached hydrogens (tertiary/aromatic N) is 1. The Kier molecular flexibility index (Phi) is 5.22. The van der Waals surface area contributed by atoms with E-state index >= 15 is 0 Å². The van der Waals surface area contributed by atoms with E-state index in [1.165, 1.54) is 24.4 Å². The molecule has 6 nitrogen and oxygen atoms in total. The highest BCUT2D eigenvalue weighted by Crippen LogP contribution is 2.42. The van der Waals surface area contributed by atoms with Crippen LogP contribution in [0.1, 0.15) is 5.56 Å². The molecule has 0 aliphatic heterocycles. The van der Waals surface area contributed by atoms with Crippen molar-refractivity contribution < 1.29 is 26.3 Å². The summed E-state index contributed by atoms with van der Waals surface area (Å²) in [6, 6.07) is 6.24. The van der Waals surface area contributed by atoms with E-state index in [2.05, 4.69) is 10.2 Å². The molecule has 1 heterocycles. The van der Waals surface area contributed by atoms with Crippen LogP contribution in [0.3, 0.4) is 0 Å². The molecule has 3 N–H and O–H groups in total. The van der Waals surface area contributed by atoms with Gasteiger partial charge in [-0.3, -0.25) is 5.10 Å². The van der Waals surface area contributed by atoms with Crippen LogP contribution in [0, 0.1) is 0 Å². The fraction of sp³-hybridized carbons (Fsp3) is 0.0625. The molecule has 3 rings (SSSR count). The topological polar surface area (TPSA) is 98.1 Å². The van der Waals surface area contributed by atoms with Gasteiger partial charge in [0.2, 0.25) is 9.84 Å². The molecule has 0 saturated heterocycles. The molecule has 0 radical (unpaired) electrons. The number of rotatable bonds is 4. The van der Waals surface area contributed by atoms with Gasteiger partial charge in [-0.2, -0.15) is 18.3 Å². The first-order valence-corrected chi connectivity index (χ1v) is 9.62. The van der Waals surface area contributed by atoms with E-state index in [1.807, 2.05) is 0 Å². The number of nitrogens with one attached hydrogen (secondary N) is 1. The van der Waals surface area contributed by atoms with Gasteiger partial charge in [0.1, 0.15) is 5.75 Å². The number of ether oxygens (including phenoxy) is 1. The van der Waals surface area contributed by atoms with Crippen molar-refractivity contribution in [2.75, 3.05) is 5.73 Å². The average molecular weight is 452 g/mol. The van der Waals surface area contributed by atoms with Gasteiger partial charge in [-0.1, -0.05) is 23.2 Å². The molecule has 2 aromatic carbocycles. The van der Waals surface area contributed by atoms with Crippen molar-refractivity contribution >= 4 is 38.7 Å². The smallest absolute Gasteiger partial charge is 0.416 e. The predicted octanol–water partition coefficient (Wildman–Crippen LogP) is 4.94. The van der Waals surface area contributed by atoms with Crippen LogP contribution in [0.4, 0.5) is 18.9 Å². The number of benzene rings is 2. The minimum Gasteiger partial charge on any atom is -0.454 e. The molecule has 0 amide bonds. The average Bonchev–Trinajstić information content (AvgIpc) is 3.13. The number of hydrogen-bond donors (Lipinski definition) is 2. The number of nitrogens with two attached hydrogens (primary N) is 1. The maximum atomic E-state index is 12.8. The molecule has 148 valence electrons. The van der Waals surface area contributed by atoms with Gasteiger partial charge in [0, 0.05) is 12.3 Å². The number of aromatic nitrogens is 2. The second-order valence-corrected chi connectivity index (χ2v) is 8.16. The van der Waals surface area contributed by atoms with Crippen molar-refractivity contribution in [3.8, 4) is 11.5 Å². The van der Waals surface area contributed by atoms with E-state index in [0.29, 0.717) is 12.1 Å². The summed E-state index contributed by atoms with van der Waals surface area (Å²) in [6.45, 7) is 0. The zero-order valence-electron chi connectivity index (χ0n) is 13.6. The molecular formula is C16H10Cl2F3N3O3S. The van der Waals surface area contributed by atoms with Gasteiger partial charge >= 0.3 is 6.18 Å². The Morgan fingerprint density at radius 3 is 2.25 bits per heavy atom. The summed E-state index contributed by atoms with van der Waals surface area (Å²) in [6.07, 6.45) is -3.32. The highest BCUT2D eigenvalue weighted by molar-refractivity contribution is 7.91. The first-order valence-electron chi connectivity index (χ1n) is 7.38. The summed E-state index contributed by atoms with van der Waals surface area (Å²) < 4.78 is 69.1. The molecule has 12 heteroatoms. The molecule has 0 aliphatic carbocycles. The number of aromatic amines is 1. The molecule has 0 fully saturated rings. The van der Waals surface area contributed by atoms with E-state index in [9.17, 15) is 21.6 Å². The van der Waals surface area contributed by atoms with Crippen LogP contribution in [-0.4, -0.2) is 18.6 Å². The molecule has 3 aromatic rings. The minimum absolute atomic E-state index is 0.0492. The number of alkyl halides is 3. The minimum atomic E-state index is -4.64. The normalized spacial score (nSPS) is 12.2. The fourth-order valence-corrected chi connectivity index (χ4v) is 4.12. The number of nitrogen functional groups attached to an aromatic ring is 1. The Morgan fingerprint density at radius 1 is 1.07 bits per heavy atom. The molecule has 0 bridgehead atoms. The lowest BCUT2D eigenvalue weighted by atomic mass is 10.2. The number of H-pyrrole nitrogens is 1. The largest absolute Gasteiger partial charge is 0.454 e. The van der Waals surface area contributed by atoms with Gasteiger partial charge < -0.3 is 10.5 Å². The summed E-state index contributed by atoms with van der Waals surface area (Å²) in [5.41, 5.74) is 4.64. The van der Waals surface area contributed by atoms with Crippen LogP contribution >= 0.6 is 23.2 Å². The lowest BCUT2D eigenvalue weighted by Gasteiger charge is -2.14. The van der Waals surface area contributed by atoms with Gasteiger partial charge in [-0.15, -0.1) is 0 Å². The second-order valence-electron chi connectivity index (χ2n) is 5.48. The predicted molar refractivity (Wildman–Crippen MR) is 96.4 cm³/mol. The monoisotopic (exact) mass is 451 g/mol. The first kappa shape index (κ1) is 20.3. The third-order valence-corrected chi connectivity index (χ3v) is 5.84. The van der Waals surface area contributed by atoms with Gasteiger partial charge in [-0.05, 0) is 30.3 Å². The zero-order chi connectivity index (χ0) is 20.7. The molecule has 28 heavy (non-hydrogen) atoms. The Morgan fingerprint density at radius 2 is 1.71 bits per heavy atom. The maximum Gasteiger partial charge on any atom is 0.416 e. The van der Waals surface area contributed by atoms with Crippen LogP contribution < -0.4 is 10.5 Å². The fourth-order valence-electron chi connectivity index (χ4n) is 2.26. The molecule has 1 aromatic heterocycles. The Bertz CT molecular complexity index is 1110. The van der Waals surface area contributed by atoms with Crippen LogP contribution in [0.5, 0.6) is 11.5 Å². The third kappa shape index (κ3) is 3.89. The number of anilines is 1. The summed E-state index contributed by atoms with van der Waals surface area (Å²) in [4.78, 5) is -0.295. The van der Waals surface area contributed by atoms with Crippen LogP contribution in [0.2, 0.25) is 10.0 Å². The van der Waals surface area contributed by atoms with Crippen LogP contribution in [0.15, 0.2) is 52.5 Å². The molecule has 0 atom stereocenters. The maximum absolute atomic E-state index is 12.8. The highest BCUT2D eigenvalue weighted by atomic mass is 35.5. The van der Waals surface area contributed by atoms with Crippen molar-refractivity contribution in [1.82, 2.24) is 10.2 Å². The Labute approximate surface area is 166 Å². The summed E-state index contributed by atoms with van der Waals surface area (Å²) in [7, 11) is -4.05. The molecule has 0 unspecified atom stereocenters. The molecular weight excluding hydrogens is 442 g/mol. The standard InChI is InChI=1S/C16H10Cl2F3N3O3S/c17-10-5-8(16(19,20)21)6-11(18)15(10)27-9-1-2-12(22)13(7-9)28(25,26)14-3-4-23-24-14/h1-7H,22H2,(H,23,24). The van der Waals surface area contributed by atoms with Crippen molar-refractivity contribution in [1.29, 1.82) is 0 Å². The Hall–Kier alpha value is -2.43. The number of sulfone groups is 1. The lowest BCUT2D eigenvalue weighted by molar-refractivity contribution is -0.137. The van der Waals surface area contributed by atoms with Gasteiger partial charge in [0.25, 0.3) is 0 Å². The third-order valence-electron chi connectivity index (χ3n) is 3.57. The van der Waals surface area contributed by atoms with E-state index in [1.54, 1.807) is 0 Å². The van der Waals surface area contributed by atoms with E-state index < -0.39 is 31.6 Å². The highest BCUT2D eigenvalue weighted by Gasteiger charge is 2.32. The van der Waals surface area contributed by atoms with Gasteiger partial charge in [-0.25, -0.2) is 8.42 Å². The van der Waals surface area contributed by atoms with E-state index in [0.717, 1.165) is 6.07 Å². The first-order chi connectivity index (χ1) is 13.0. The van der Waals surface area contributed by atoms with Crippen molar-refractivity contribution in [2.24, 2.45) is 0 Å². The number of halogens is 5.